The van der Waals surface area contributed by atoms with E-state index in [1.54, 1.807) is 18.2 Å². The molecule has 0 bridgehead atoms. The number of rotatable bonds is 4. The van der Waals surface area contributed by atoms with E-state index in [-0.39, 0.29) is 11.5 Å². The molecule has 0 aliphatic carbocycles. The van der Waals surface area contributed by atoms with Crippen LogP contribution in [0.5, 0.6) is 0 Å². The molecule has 98 valence electrons. The first kappa shape index (κ1) is 12.7. The monoisotopic (exact) mass is 261 g/mol. The van der Waals surface area contributed by atoms with Crippen LogP contribution in [0.25, 0.3) is 10.8 Å². The number of carbonyl (C=O) groups is 1. The first-order valence-electron chi connectivity index (χ1n) is 5.52. The molecule has 0 amide bonds. The summed E-state index contributed by atoms with van der Waals surface area (Å²) in [7, 11) is 0. The topological polar surface area (TPSA) is 105 Å². The largest absolute Gasteiger partial charge is 0.480 e. The molecule has 1 aromatic heterocycles. The van der Waals surface area contributed by atoms with Crippen molar-refractivity contribution in [3.8, 4) is 0 Å². The summed E-state index contributed by atoms with van der Waals surface area (Å²) in [5.41, 5.74) is -0.106. The van der Waals surface area contributed by atoms with Gasteiger partial charge in [-0.3, -0.25) is 14.9 Å². The normalized spacial score (nSPS) is 12.1. The Morgan fingerprint density at radius 2 is 2.21 bits per heavy atom. The van der Waals surface area contributed by atoms with Crippen LogP contribution in [0.1, 0.15) is 6.92 Å². The zero-order valence-electron chi connectivity index (χ0n) is 10.0. The Balaban J connectivity index is 2.61. The fraction of sp³-hybridized carbons (Fsp3) is 0.167. The number of carboxylic acids is 1. The number of nitrogens with zero attached hydrogens (tertiary/aromatic N) is 2. The Kier molecular flexibility index (Phi) is 3.28. The van der Waals surface area contributed by atoms with Gasteiger partial charge in [0.05, 0.1) is 4.92 Å². The first-order valence-corrected chi connectivity index (χ1v) is 5.52. The molecule has 7 heteroatoms. The number of aliphatic carboxylic acids is 1. The highest BCUT2D eigenvalue weighted by Crippen LogP contribution is 2.30. The lowest BCUT2D eigenvalue weighted by Crippen LogP contribution is -2.26. The number of non-ortho nitro benzene ring substituents is 1. The summed E-state index contributed by atoms with van der Waals surface area (Å²) in [5.74, 6) is -0.864. The molecule has 2 N–H and O–H groups in total. The molecule has 1 aromatic carbocycles. The lowest BCUT2D eigenvalue weighted by molar-refractivity contribution is -0.383. The van der Waals surface area contributed by atoms with Crippen LogP contribution in [0.15, 0.2) is 30.5 Å². The van der Waals surface area contributed by atoms with Crippen molar-refractivity contribution in [3.05, 3.63) is 40.6 Å². The van der Waals surface area contributed by atoms with Gasteiger partial charge in [-0.25, -0.2) is 4.98 Å². The van der Waals surface area contributed by atoms with Crippen LogP contribution in [0.3, 0.4) is 0 Å². The minimum atomic E-state index is -1.06. The van der Waals surface area contributed by atoms with Gasteiger partial charge >= 0.3 is 5.97 Å². The van der Waals surface area contributed by atoms with Gasteiger partial charge in [0.15, 0.2) is 0 Å². The van der Waals surface area contributed by atoms with Crippen LogP contribution in [-0.4, -0.2) is 27.0 Å². The van der Waals surface area contributed by atoms with E-state index in [1.165, 1.54) is 19.2 Å². The number of nitrogens with one attached hydrogen (secondary N) is 1. The maximum Gasteiger partial charge on any atom is 0.325 e. The second-order valence-electron chi connectivity index (χ2n) is 4.00. The van der Waals surface area contributed by atoms with Crippen molar-refractivity contribution in [2.45, 2.75) is 13.0 Å². The molecule has 0 spiro atoms. The highest BCUT2D eigenvalue weighted by molar-refractivity contribution is 5.99. The van der Waals surface area contributed by atoms with E-state index < -0.39 is 16.9 Å². The van der Waals surface area contributed by atoms with E-state index in [0.717, 1.165) is 0 Å². The zero-order valence-corrected chi connectivity index (χ0v) is 10.0. The highest BCUT2D eigenvalue weighted by Gasteiger charge is 2.19. The number of nitro benzene ring substituents is 1. The zero-order chi connectivity index (χ0) is 14.0. The van der Waals surface area contributed by atoms with E-state index >= 15 is 0 Å². The van der Waals surface area contributed by atoms with Crippen LogP contribution in [-0.2, 0) is 4.79 Å². The van der Waals surface area contributed by atoms with Crippen LogP contribution in [0.4, 0.5) is 11.5 Å². The van der Waals surface area contributed by atoms with Crippen LogP contribution < -0.4 is 5.32 Å². The molecule has 0 fully saturated rings. The summed E-state index contributed by atoms with van der Waals surface area (Å²) in [4.78, 5) is 25.3. The lowest BCUT2D eigenvalue weighted by atomic mass is 10.1. The minimum Gasteiger partial charge on any atom is -0.480 e. The van der Waals surface area contributed by atoms with Crippen LogP contribution in [0, 0.1) is 10.1 Å². The van der Waals surface area contributed by atoms with E-state index in [1.807, 2.05) is 0 Å². The molecule has 7 nitrogen and oxygen atoms in total. The van der Waals surface area contributed by atoms with Gasteiger partial charge in [0.2, 0.25) is 0 Å². The SMILES string of the molecule is CC(Nc1nccc2cccc([N+](=O)[O-])c12)C(=O)O. The number of hydrogen-bond donors (Lipinski definition) is 2. The van der Waals surface area contributed by atoms with Gasteiger partial charge < -0.3 is 10.4 Å². The number of anilines is 1. The predicted molar refractivity (Wildman–Crippen MR) is 69.1 cm³/mol. The van der Waals surface area contributed by atoms with Crippen LogP contribution >= 0.6 is 0 Å². The third kappa shape index (κ3) is 2.44. The van der Waals surface area contributed by atoms with Crippen molar-refractivity contribution in [3.63, 3.8) is 0 Å². The van der Waals surface area contributed by atoms with Crippen molar-refractivity contribution < 1.29 is 14.8 Å². The smallest absolute Gasteiger partial charge is 0.325 e. The van der Waals surface area contributed by atoms with Crippen molar-refractivity contribution in [2.24, 2.45) is 0 Å². The Hall–Kier alpha value is -2.70. The Bertz CT molecular complexity index is 651. The molecule has 2 rings (SSSR count). The number of aromatic nitrogens is 1. The molecule has 1 atom stereocenters. The number of nitro groups is 1. The summed E-state index contributed by atoms with van der Waals surface area (Å²) in [5, 5.41) is 23.5. The second kappa shape index (κ2) is 4.89. The van der Waals surface area contributed by atoms with Crippen molar-refractivity contribution >= 4 is 28.2 Å². The van der Waals surface area contributed by atoms with E-state index in [4.69, 9.17) is 5.11 Å². The number of carboxylic acid groups (broad SMARTS) is 1. The van der Waals surface area contributed by atoms with Gasteiger partial charge in [-0.1, -0.05) is 12.1 Å². The maximum absolute atomic E-state index is 11.0. The average Bonchev–Trinajstić information content (AvgIpc) is 2.38. The fourth-order valence-electron chi connectivity index (χ4n) is 1.74. The van der Waals surface area contributed by atoms with Crippen molar-refractivity contribution in [2.75, 3.05) is 5.32 Å². The summed E-state index contributed by atoms with van der Waals surface area (Å²) < 4.78 is 0. The molecule has 2 aromatic rings. The van der Waals surface area contributed by atoms with Gasteiger partial charge in [0, 0.05) is 12.3 Å². The van der Waals surface area contributed by atoms with Gasteiger partial charge in [0.25, 0.3) is 5.69 Å². The van der Waals surface area contributed by atoms with E-state index in [9.17, 15) is 14.9 Å². The Morgan fingerprint density at radius 1 is 1.47 bits per heavy atom. The molecule has 1 heterocycles. The van der Waals surface area contributed by atoms with Gasteiger partial charge in [-0.15, -0.1) is 0 Å². The Morgan fingerprint density at radius 3 is 2.84 bits per heavy atom. The van der Waals surface area contributed by atoms with E-state index in [2.05, 4.69) is 10.3 Å². The summed E-state index contributed by atoms with van der Waals surface area (Å²) >= 11 is 0. The second-order valence-corrected chi connectivity index (χ2v) is 4.00. The number of benzene rings is 1. The molecule has 1 unspecified atom stereocenters. The third-order valence-electron chi connectivity index (χ3n) is 2.69. The first-order chi connectivity index (χ1) is 9.00. The average molecular weight is 261 g/mol. The van der Waals surface area contributed by atoms with Gasteiger partial charge in [-0.05, 0) is 18.4 Å². The number of fused-ring (bicyclic) bond motifs is 1. The van der Waals surface area contributed by atoms with E-state index in [0.29, 0.717) is 10.8 Å². The van der Waals surface area contributed by atoms with Gasteiger partial charge in [0.1, 0.15) is 17.2 Å². The molecular weight excluding hydrogens is 250 g/mol. The van der Waals surface area contributed by atoms with Gasteiger partial charge in [-0.2, -0.15) is 0 Å². The molecular formula is C12H11N3O4. The number of hydrogen-bond acceptors (Lipinski definition) is 5. The van der Waals surface area contributed by atoms with Crippen molar-refractivity contribution in [1.29, 1.82) is 0 Å². The van der Waals surface area contributed by atoms with Crippen LogP contribution in [0.2, 0.25) is 0 Å². The molecule has 0 saturated heterocycles. The minimum absolute atomic E-state index is 0.106. The number of pyridine rings is 1. The quantitative estimate of drug-likeness (QED) is 0.644. The fourth-order valence-corrected chi connectivity index (χ4v) is 1.74. The van der Waals surface area contributed by atoms with Crippen molar-refractivity contribution in [1.82, 2.24) is 4.98 Å². The molecule has 19 heavy (non-hydrogen) atoms. The molecule has 0 saturated carbocycles. The highest BCUT2D eigenvalue weighted by atomic mass is 16.6. The summed E-state index contributed by atoms with van der Waals surface area (Å²) in [6.45, 7) is 1.44. The molecule has 0 aliphatic heterocycles. The molecule has 0 radical (unpaired) electrons. The Labute approximate surface area is 108 Å². The standard InChI is InChI=1S/C12H11N3O4/c1-7(12(16)17)14-11-10-8(5-6-13-11)3-2-4-9(10)15(18)19/h2-7H,1H3,(H,13,14)(H,16,17). The summed E-state index contributed by atoms with van der Waals surface area (Å²) in [6, 6.07) is 5.39. The third-order valence-corrected chi connectivity index (χ3v) is 2.69. The maximum atomic E-state index is 11.0. The predicted octanol–water partition coefficient (Wildman–Crippen LogP) is 2.03. The summed E-state index contributed by atoms with van der Waals surface area (Å²) in [6.07, 6.45) is 1.48. The molecule has 0 aliphatic rings. The lowest BCUT2D eigenvalue weighted by Gasteiger charge is -2.12.